The van der Waals surface area contributed by atoms with Crippen molar-refractivity contribution >= 4 is 34.2 Å². The summed E-state index contributed by atoms with van der Waals surface area (Å²) in [5.74, 6) is -0.463. The zero-order chi connectivity index (χ0) is 21.7. The number of hydrogen-bond acceptors (Lipinski definition) is 3. The molecule has 1 heterocycles. The lowest BCUT2D eigenvalue weighted by molar-refractivity contribution is -0.112. The van der Waals surface area contributed by atoms with Gasteiger partial charge in [-0.05, 0) is 25.1 Å². The molecule has 0 bridgehead atoms. The molecule has 2 nitrogen and oxygen atoms in total. The maximum atomic E-state index is 13.4. The van der Waals surface area contributed by atoms with Crippen LogP contribution in [0, 0.1) is 17.6 Å². The van der Waals surface area contributed by atoms with Crippen LogP contribution in [0.1, 0.15) is 71.8 Å². The lowest BCUT2D eigenvalue weighted by atomic mass is 9.91. The number of allylic oxidation sites excluding steroid dienone is 1. The van der Waals surface area contributed by atoms with E-state index < -0.39 is 11.6 Å². The average molecular weight is 432 g/mol. The third kappa shape index (κ3) is 8.91. The number of ketones is 1. The van der Waals surface area contributed by atoms with Crippen molar-refractivity contribution < 1.29 is 13.6 Å². The van der Waals surface area contributed by atoms with Crippen LogP contribution in [0.15, 0.2) is 27.7 Å². The molecule has 2 N–H and O–H groups in total. The minimum atomic E-state index is -0.621. The fourth-order valence-corrected chi connectivity index (χ4v) is 3.95. The summed E-state index contributed by atoms with van der Waals surface area (Å²) in [7, 11) is 1.50. The zero-order valence-electron chi connectivity index (χ0n) is 17.5. The molecule has 3 rings (SSSR count). The second-order valence-corrected chi connectivity index (χ2v) is 8.01. The Hall–Kier alpha value is -1.13. The number of rotatable bonds is 1. The van der Waals surface area contributed by atoms with Crippen LogP contribution < -0.4 is 5.73 Å². The monoisotopic (exact) mass is 431 g/mol. The van der Waals surface area contributed by atoms with Crippen LogP contribution in [0.5, 0.6) is 0 Å². The molecule has 2 aliphatic rings. The maximum Gasteiger partial charge on any atom is 0.174 e. The molecule has 1 aromatic carbocycles. The van der Waals surface area contributed by atoms with Crippen molar-refractivity contribution in [2.75, 3.05) is 7.05 Å². The van der Waals surface area contributed by atoms with Crippen LogP contribution in [0.3, 0.4) is 0 Å². The van der Waals surface area contributed by atoms with Gasteiger partial charge in [-0.3, -0.25) is 4.79 Å². The van der Waals surface area contributed by atoms with Crippen LogP contribution in [-0.2, 0) is 4.79 Å². The van der Waals surface area contributed by atoms with Gasteiger partial charge in [-0.2, -0.15) is 0 Å². The van der Waals surface area contributed by atoms with Gasteiger partial charge in [0.25, 0.3) is 0 Å². The number of thioether (sulfide) groups is 1. The number of hydrogen-bond donors (Lipinski definition) is 1. The molecule has 1 aromatic rings. The van der Waals surface area contributed by atoms with Gasteiger partial charge in [0.1, 0.15) is 11.6 Å². The van der Waals surface area contributed by atoms with Crippen LogP contribution in [-0.4, -0.2) is 12.8 Å². The summed E-state index contributed by atoms with van der Waals surface area (Å²) in [5, 5.41) is -0.0732. The summed E-state index contributed by atoms with van der Waals surface area (Å²) in [6.07, 6.45) is 8.69. The minimum Gasteiger partial charge on any atom is -0.333 e. The molecule has 158 valence electrons. The topological polar surface area (TPSA) is 43.1 Å². The minimum absolute atomic E-state index is 0.0309. The molecule has 0 radical (unpaired) electrons. The Morgan fingerprint density at radius 2 is 1.68 bits per heavy atom. The van der Waals surface area contributed by atoms with Crippen LogP contribution >= 0.6 is 23.4 Å². The Morgan fingerprint density at radius 1 is 1.18 bits per heavy atom. The molecule has 0 amide bonds. The van der Waals surface area contributed by atoms with Gasteiger partial charge < -0.3 is 5.73 Å². The summed E-state index contributed by atoms with van der Waals surface area (Å²) < 4.78 is 26.9. The van der Waals surface area contributed by atoms with E-state index in [4.69, 9.17) is 11.6 Å². The second kappa shape index (κ2) is 14.8. The van der Waals surface area contributed by atoms with Crippen molar-refractivity contribution in [3.05, 3.63) is 40.0 Å². The van der Waals surface area contributed by atoms with E-state index >= 15 is 0 Å². The van der Waals surface area contributed by atoms with E-state index in [-0.39, 0.29) is 26.2 Å². The molecule has 6 heteroatoms. The van der Waals surface area contributed by atoms with Crippen molar-refractivity contribution in [1.82, 2.24) is 0 Å². The average Bonchev–Trinajstić information content (AvgIpc) is 2.68. The predicted molar refractivity (Wildman–Crippen MR) is 118 cm³/mol. The van der Waals surface area contributed by atoms with Gasteiger partial charge in [0.05, 0.1) is 20.4 Å². The number of Topliss-reactive ketones (excluding diaryl/α,β-unsaturated/α-hetero) is 1. The Morgan fingerprint density at radius 3 is 2.11 bits per heavy atom. The van der Waals surface area contributed by atoms with Gasteiger partial charge in [-0.1, -0.05) is 88.4 Å². The van der Waals surface area contributed by atoms with Crippen molar-refractivity contribution in [3.63, 3.8) is 0 Å². The molecule has 0 saturated heterocycles. The molecule has 1 saturated carbocycles. The Balaban J connectivity index is 0.000000504. The summed E-state index contributed by atoms with van der Waals surface area (Å²) in [6, 6.07) is 2.01. The van der Waals surface area contributed by atoms with Gasteiger partial charge in [-0.25, -0.2) is 8.78 Å². The number of benzene rings is 1. The molecule has 28 heavy (non-hydrogen) atoms. The number of carbonyl (C=O) groups is 1. The molecule has 1 aliphatic carbocycles. The second-order valence-electron chi connectivity index (χ2n) is 6.61. The van der Waals surface area contributed by atoms with E-state index in [1.807, 2.05) is 0 Å². The first-order chi connectivity index (χ1) is 13.3. The molecular formula is C22H32ClF2NOS. The molecule has 0 unspecified atom stereocenters. The molecule has 0 aromatic heterocycles. The van der Waals surface area contributed by atoms with Crippen LogP contribution in [0.4, 0.5) is 8.78 Å². The highest BCUT2D eigenvalue weighted by Crippen LogP contribution is 2.41. The maximum absolute atomic E-state index is 13.4. The first-order valence-electron chi connectivity index (χ1n) is 9.73. The molecule has 1 fully saturated rings. The first kappa shape index (κ1) is 26.9. The molecule has 1 aliphatic heterocycles. The summed E-state index contributed by atoms with van der Waals surface area (Å²) >= 11 is 6.62. The highest BCUT2D eigenvalue weighted by atomic mass is 35.5. The van der Waals surface area contributed by atoms with Crippen molar-refractivity contribution in [2.45, 2.75) is 71.1 Å². The van der Waals surface area contributed by atoms with Crippen LogP contribution in [0.25, 0.3) is 5.03 Å². The Kier molecular flexibility index (Phi) is 14.2. The van der Waals surface area contributed by atoms with E-state index in [1.54, 1.807) is 0 Å². The third-order valence-corrected chi connectivity index (χ3v) is 5.40. The van der Waals surface area contributed by atoms with Gasteiger partial charge in [0.15, 0.2) is 5.78 Å². The predicted octanol–water partition coefficient (Wildman–Crippen LogP) is 7.30. The van der Waals surface area contributed by atoms with Crippen LogP contribution in [0.2, 0.25) is 0 Å². The SMILES string of the molecule is CC(=O)C1=C=C(Cl)c2c(F)ccc(F)c2S1.CC1CCCCC1.CCC.CN. The van der Waals surface area contributed by atoms with Crippen molar-refractivity contribution in [2.24, 2.45) is 11.7 Å². The van der Waals surface area contributed by atoms with Gasteiger partial charge in [0, 0.05) is 6.92 Å². The third-order valence-electron chi connectivity index (χ3n) is 3.92. The Bertz CT molecular complexity index is 694. The number of halogens is 3. The quantitative estimate of drug-likeness (QED) is 0.474. The van der Waals surface area contributed by atoms with E-state index in [1.165, 1.54) is 52.5 Å². The highest BCUT2D eigenvalue weighted by molar-refractivity contribution is 8.04. The standard InChI is InChI=1S/C11H5ClF2OS.C7H14.C3H8.CH5N/c1-5(15)9-4-6(12)10-7(13)2-3-8(14)11(10)16-9;1-7-5-3-2-4-6-7;1-3-2;1-2/h2-3H,1H3;7H,2-6H2,1H3;3H2,1-2H3;2H2,1H3. The molecule has 0 spiro atoms. The fraction of sp³-hybridized carbons (Fsp3) is 0.545. The van der Waals surface area contributed by atoms with E-state index in [0.717, 1.165) is 29.8 Å². The number of nitrogens with two attached hydrogens (primary N) is 1. The summed E-state index contributed by atoms with van der Waals surface area (Å²) in [6.45, 7) is 7.93. The number of fused-ring (bicyclic) bond motifs is 1. The fourth-order valence-electron chi connectivity index (χ4n) is 2.59. The smallest absolute Gasteiger partial charge is 0.174 e. The Labute approximate surface area is 177 Å². The molecular weight excluding hydrogens is 400 g/mol. The molecule has 0 atom stereocenters. The highest BCUT2D eigenvalue weighted by Gasteiger charge is 2.23. The van der Waals surface area contributed by atoms with E-state index in [0.29, 0.717) is 0 Å². The number of carbonyl (C=O) groups excluding carboxylic acids is 1. The lowest BCUT2D eigenvalue weighted by Gasteiger charge is -2.15. The largest absolute Gasteiger partial charge is 0.333 e. The summed E-state index contributed by atoms with van der Waals surface area (Å²) in [4.78, 5) is 11.4. The van der Waals surface area contributed by atoms with E-state index in [2.05, 4.69) is 32.2 Å². The lowest BCUT2D eigenvalue weighted by Crippen LogP contribution is -2.00. The van der Waals surface area contributed by atoms with Gasteiger partial charge >= 0.3 is 0 Å². The zero-order valence-corrected chi connectivity index (χ0v) is 19.1. The van der Waals surface area contributed by atoms with Crippen molar-refractivity contribution in [1.29, 1.82) is 0 Å². The first-order valence-corrected chi connectivity index (χ1v) is 10.9. The van der Waals surface area contributed by atoms with Crippen molar-refractivity contribution in [3.8, 4) is 0 Å². The van der Waals surface area contributed by atoms with Gasteiger partial charge in [-0.15, -0.1) is 0 Å². The summed E-state index contributed by atoms with van der Waals surface area (Å²) in [5.41, 5.74) is 7.01. The van der Waals surface area contributed by atoms with E-state index in [9.17, 15) is 13.6 Å². The van der Waals surface area contributed by atoms with Gasteiger partial charge in [0.2, 0.25) is 0 Å². The normalized spacial score (nSPS) is 15.2.